The van der Waals surface area contributed by atoms with E-state index in [1.807, 2.05) is 0 Å². The second-order valence-electron chi connectivity index (χ2n) is 8.98. The van der Waals surface area contributed by atoms with Gasteiger partial charge in [-0.2, -0.15) is 0 Å². The molecule has 0 spiro atoms. The molecule has 1 N–H and O–H groups in total. The van der Waals surface area contributed by atoms with E-state index in [0.29, 0.717) is 16.1 Å². The van der Waals surface area contributed by atoms with E-state index in [-0.39, 0.29) is 51.1 Å². The van der Waals surface area contributed by atoms with Crippen LogP contribution in [0.1, 0.15) is 22.4 Å². The van der Waals surface area contributed by atoms with Crippen molar-refractivity contribution in [1.29, 1.82) is 0 Å². The molecule has 1 saturated heterocycles. The zero-order chi connectivity index (χ0) is 27.9. The number of benzene rings is 3. The number of thiazole rings is 1. The first-order valence-corrected chi connectivity index (χ1v) is 15.4. The van der Waals surface area contributed by atoms with E-state index in [4.69, 9.17) is 4.42 Å². The fourth-order valence-electron chi connectivity index (χ4n) is 4.40. The van der Waals surface area contributed by atoms with E-state index < -0.39 is 32.1 Å². The molecular weight excluding hydrogens is 576 g/mol. The van der Waals surface area contributed by atoms with E-state index in [1.54, 1.807) is 60.7 Å². The van der Waals surface area contributed by atoms with Crippen LogP contribution in [-0.2, 0) is 33.2 Å². The van der Waals surface area contributed by atoms with Gasteiger partial charge in [-0.1, -0.05) is 72.4 Å². The molecule has 1 atom stereocenters. The number of aromatic nitrogens is 3. The fraction of sp³-hybridized carbons (Fsp3) is 0.148. The lowest BCUT2D eigenvalue weighted by molar-refractivity contribution is -0.119. The maximum Gasteiger partial charge on any atom is 0.286 e. The van der Waals surface area contributed by atoms with E-state index >= 15 is 4.39 Å². The third-order valence-corrected chi connectivity index (χ3v) is 10.1. The van der Waals surface area contributed by atoms with Crippen molar-refractivity contribution in [2.75, 3.05) is 0 Å². The Morgan fingerprint density at radius 3 is 2.38 bits per heavy atom. The Kier molecular flexibility index (Phi) is 6.94. The molecule has 0 aliphatic carbocycles. The maximum absolute atomic E-state index is 15.4. The van der Waals surface area contributed by atoms with Gasteiger partial charge in [-0.05, 0) is 17.2 Å². The van der Waals surface area contributed by atoms with Crippen molar-refractivity contribution in [2.24, 2.45) is 0 Å². The van der Waals surface area contributed by atoms with Gasteiger partial charge in [-0.3, -0.25) is 14.9 Å². The van der Waals surface area contributed by atoms with Crippen LogP contribution in [0.25, 0.3) is 21.3 Å². The average Bonchev–Trinajstić information content (AvgIpc) is 3.63. The molecular formula is C27H19FN4O5S3. The summed E-state index contributed by atoms with van der Waals surface area (Å²) in [6.45, 7) is 0. The van der Waals surface area contributed by atoms with Crippen molar-refractivity contribution in [1.82, 2.24) is 20.5 Å². The number of imide groups is 1. The molecule has 13 heteroatoms. The summed E-state index contributed by atoms with van der Waals surface area (Å²) in [5.41, 5.74) is 1.39. The summed E-state index contributed by atoms with van der Waals surface area (Å²) in [7, 11) is -3.93. The molecule has 3 aromatic carbocycles. The van der Waals surface area contributed by atoms with Gasteiger partial charge in [0.1, 0.15) is 15.8 Å². The lowest BCUT2D eigenvalue weighted by atomic mass is 10.1. The molecule has 5 aromatic rings. The summed E-state index contributed by atoms with van der Waals surface area (Å²) >= 11 is 1.90. The second kappa shape index (κ2) is 10.6. The van der Waals surface area contributed by atoms with Gasteiger partial charge in [-0.25, -0.2) is 17.8 Å². The van der Waals surface area contributed by atoms with Crippen LogP contribution >= 0.6 is 23.1 Å². The Labute approximate surface area is 235 Å². The first-order chi connectivity index (χ1) is 19.3. The van der Waals surface area contributed by atoms with Crippen LogP contribution in [0, 0.1) is 5.82 Å². The Hall–Kier alpha value is -3.94. The average molecular weight is 595 g/mol. The normalized spacial score (nSPS) is 15.6. The minimum atomic E-state index is -3.93. The Balaban J connectivity index is 1.38. The summed E-state index contributed by atoms with van der Waals surface area (Å²) in [5.74, 6) is -0.988. The number of hydrogen-bond donors (Lipinski definition) is 1. The zero-order valence-corrected chi connectivity index (χ0v) is 23.0. The second-order valence-corrected chi connectivity index (χ2v) is 13.2. The molecule has 202 valence electrons. The molecule has 1 aliphatic rings. The van der Waals surface area contributed by atoms with Crippen LogP contribution in [0.2, 0.25) is 0 Å². The van der Waals surface area contributed by atoms with Gasteiger partial charge in [0.05, 0.1) is 21.8 Å². The van der Waals surface area contributed by atoms with Crippen LogP contribution in [0.5, 0.6) is 0 Å². The number of amides is 2. The molecule has 2 aromatic heterocycles. The van der Waals surface area contributed by atoms with Crippen molar-refractivity contribution >= 4 is 54.3 Å². The van der Waals surface area contributed by atoms with Gasteiger partial charge < -0.3 is 4.42 Å². The number of fused-ring (bicyclic) bond motifs is 1. The maximum atomic E-state index is 15.4. The number of carbonyl (C=O) groups excluding carboxylic acids is 2. The SMILES string of the molecule is O=C1NC(=O)C(Cc2nnc(Cc3nc4c(F)cc(-c5ccccc5)c(S(=O)(=O)Cc5ccccc5)c4s3)o2)S1. The Bertz CT molecular complexity index is 1860. The highest BCUT2D eigenvalue weighted by Gasteiger charge is 2.33. The number of thioether (sulfide) groups is 1. The molecule has 9 nitrogen and oxygen atoms in total. The Morgan fingerprint density at radius 1 is 0.975 bits per heavy atom. The molecule has 1 aliphatic heterocycles. The van der Waals surface area contributed by atoms with Crippen molar-refractivity contribution in [3.8, 4) is 11.1 Å². The largest absolute Gasteiger partial charge is 0.425 e. The van der Waals surface area contributed by atoms with Crippen molar-refractivity contribution in [2.45, 2.75) is 28.7 Å². The van der Waals surface area contributed by atoms with E-state index in [1.165, 1.54) is 6.07 Å². The molecule has 0 saturated carbocycles. The third-order valence-electron chi connectivity index (χ3n) is 6.15. The summed E-state index contributed by atoms with van der Waals surface area (Å²) in [4.78, 5) is 27.7. The first-order valence-electron chi connectivity index (χ1n) is 12.0. The van der Waals surface area contributed by atoms with E-state index in [2.05, 4.69) is 20.5 Å². The van der Waals surface area contributed by atoms with Gasteiger partial charge in [-0.15, -0.1) is 21.5 Å². The third kappa shape index (κ3) is 5.27. The van der Waals surface area contributed by atoms with Crippen molar-refractivity contribution in [3.63, 3.8) is 0 Å². The molecule has 6 rings (SSSR count). The van der Waals surface area contributed by atoms with Gasteiger partial charge in [0.25, 0.3) is 5.24 Å². The topological polar surface area (TPSA) is 132 Å². The molecule has 40 heavy (non-hydrogen) atoms. The van der Waals surface area contributed by atoms with Gasteiger partial charge in [0.2, 0.25) is 17.7 Å². The molecule has 0 bridgehead atoms. The number of carbonyl (C=O) groups is 2. The number of halogens is 1. The standard InChI is InChI=1S/C27H19FN4O5S3/c28-18-11-17(16-9-5-2-6-10-16)25(40(35,36)14-15-7-3-1-4-8-15)24-23(18)29-22(39-24)13-21-32-31-20(37-21)12-19-26(33)30-27(34)38-19/h1-11,19H,12-14H2,(H,30,33,34). The molecule has 1 unspecified atom stereocenters. The summed E-state index contributed by atoms with van der Waals surface area (Å²) < 4.78 is 49.0. The van der Waals surface area contributed by atoms with E-state index in [0.717, 1.165) is 23.1 Å². The van der Waals surface area contributed by atoms with Crippen LogP contribution in [-0.4, -0.2) is 40.0 Å². The minimum Gasteiger partial charge on any atom is -0.425 e. The summed E-state index contributed by atoms with van der Waals surface area (Å²) in [6.07, 6.45) is 0.111. The minimum absolute atomic E-state index is 0.0165. The quantitative estimate of drug-likeness (QED) is 0.248. The van der Waals surface area contributed by atoms with Crippen molar-refractivity contribution in [3.05, 3.63) is 94.9 Å². The lowest BCUT2D eigenvalue weighted by Crippen LogP contribution is -2.25. The number of nitrogens with one attached hydrogen (secondary N) is 1. The summed E-state index contributed by atoms with van der Waals surface area (Å²) in [5, 5.41) is 9.44. The van der Waals surface area contributed by atoms with Crippen molar-refractivity contribution < 1.29 is 26.8 Å². The fourth-order valence-corrected chi connectivity index (χ4v) is 8.40. The number of sulfone groups is 1. The lowest BCUT2D eigenvalue weighted by Gasteiger charge is -2.13. The smallest absolute Gasteiger partial charge is 0.286 e. The summed E-state index contributed by atoms with van der Waals surface area (Å²) in [6, 6.07) is 18.8. The van der Waals surface area contributed by atoms with Crippen LogP contribution < -0.4 is 5.32 Å². The zero-order valence-electron chi connectivity index (χ0n) is 20.5. The molecule has 0 radical (unpaired) electrons. The highest BCUT2D eigenvalue weighted by molar-refractivity contribution is 8.15. The number of nitrogens with zero attached hydrogens (tertiary/aromatic N) is 3. The predicted molar refractivity (Wildman–Crippen MR) is 148 cm³/mol. The predicted octanol–water partition coefficient (Wildman–Crippen LogP) is 4.94. The number of hydrogen-bond acceptors (Lipinski definition) is 10. The van der Waals surface area contributed by atoms with Crippen LogP contribution in [0.15, 0.2) is 76.0 Å². The van der Waals surface area contributed by atoms with Gasteiger partial charge in [0.15, 0.2) is 15.7 Å². The first kappa shape index (κ1) is 26.3. The van der Waals surface area contributed by atoms with Gasteiger partial charge >= 0.3 is 0 Å². The highest BCUT2D eigenvalue weighted by Crippen LogP contribution is 2.40. The van der Waals surface area contributed by atoms with Gasteiger partial charge in [0, 0.05) is 12.0 Å². The number of rotatable bonds is 8. The molecule has 1 fully saturated rings. The monoisotopic (exact) mass is 594 g/mol. The Morgan fingerprint density at radius 2 is 1.68 bits per heavy atom. The highest BCUT2D eigenvalue weighted by atomic mass is 32.2. The molecule has 3 heterocycles. The molecule has 2 amide bonds. The van der Waals surface area contributed by atoms with Crippen LogP contribution in [0.3, 0.4) is 0 Å². The van der Waals surface area contributed by atoms with E-state index in [9.17, 15) is 18.0 Å². The van der Waals surface area contributed by atoms with Crippen LogP contribution in [0.4, 0.5) is 9.18 Å².